The molecule has 2 aliphatic rings. The van der Waals surface area contributed by atoms with Crippen molar-refractivity contribution in [1.82, 2.24) is 20.0 Å². The Hall–Kier alpha value is -1.85. The van der Waals surface area contributed by atoms with Gasteiger partial charge in [-0.25, -0.2) is 0 Å². The summed E-state index contributed by atoms with van der Waals surface area (Å²) in [7, 11) is 1.94. The van der Waals surface area contributed by atoms with Gasteiger partial charge in [0.2, 0.25) is 11.8 Å². The molecule has 6 nitrogen and oxygen atoms in total. The highest BCUT2D eigenvalue weighted by Gasteiger charge is 2.49. The summed E-state index contributed by atoms with van der Waals surface area (Å²) in [6.45, 7) is 7.73. The molecule has 3 rings (SSSR count). The summed E-state index contributed by atoms with van der Waals surface area (Å²) in [6.07, 6.45) is 7.11. The van der Waals surface area contributed by atoms with Gasteiger partial charge in [-0.1, -0.05) is 13.3 Å². The molecule has 1 aliphatic carbocycles. The molecule has 27 heavy (non-hydrogen) atoms. The number of carbonyl (C=O) groups is 2. The van der Waals surface area contributed by atoms with E-state index in [0.29, 0.717) is 31.3 Å². The van der Waals surface area contributed by atoms with E-state index in [2.05, 4.69) is 29.2 Å². The molecule has 2 atom stereocenters. The summed E-state index contributed by atoms with van der Waals surface area (Å²) < 4.78 is 1.88. The number of piperidine rings is 1. The number of aromatic nitrogens is 2. The van der Waals surface area contributed by atoms with Gasteiger partial charge in [0.1, 0.15) is 0 Å². The monoisotopic (exact) mass is 374 g/mol. The van der Waals surface area contributed by atoms with Crippen molar-refractivity contribution in [2.24, 2.45) is 12.5 Å². The molecule has 0 bridgehead atoms. The first-order valence-electron chi connectivity index (χ1n) is 10.4. The number of fused-ring (bicyclic) bond motifs is 1. The van der Waals surface area contributed by atoms with Crippen LogP contribution in [0, 0.1) is 19.3 Å². The second kappa shape index (κ2) is 8.03. The summed E-state index contributed by atoms with van der Waals surface area (Å²) in [6, 6.07) is 0.307. The molecule has 0 radical (unpaired) electrons. The topological polar surface area (TPSA) is 67.2 Å². The maximum atomic E-state index is 12.5. The van der Waals surface area contributed by atoms with Gasteiger partial charge >= 0.3 is 0 Å². The zero-order valence-electron chi connectivity index (χ0n) is 17.3. The summed E-state index contributed by atoms with van der Waals surface area (Å²) in [5.41, 5.74) is 3.41. The van der Waals surface area contributed by atoms with E-state index in [1.807, 2.05) is 18.7 Å². The number of hydrogen-bond acceptors (Lipinski definition) is 3. The molecule has 0 spiro atoms. The number of rotatable bonds is 7. The van der Waals surface area contributed by atoms with Crippen LogP contribution in [-0.2, 0) is 23.1 Å². The fourth-order valence-electron chi connectivity index (χ4n) is 5.17. The van der Waals surface area contributed by atoms with Crippen molar-refractivity contribution < 1.29 is 9.59 Å². The molecule has 2 heterocycles. The fourth-order valence-corrected chi connectivity index (χ4v) is 5.17. The quantitative estimate of drug-likeness (QED) is 0.798. The van der Waals surface area contributed by atoms with E-state index in [0.717, 1.165) is 56.5 Å². The van der Waals surface area contributed by atoms with E-state index in [-0.39, 0.29) is 11.3 Å². The lowest BCUT2D eigenvalue weighted by molar-refractivity contribution is -0.142. The van der Waals surface area contributed by atoms with Crippen LogP contribution < -0.4 is 5.32 Å². The van der Waals surface area contributed by atoms with Crippen LogP contribution in [0.15, 0.2) is 0 Å². The van der Waals surface area contributed by atoms with Crippen LogP contribution in [-0.4, -0.2) is 45.6 Å². The summed E-state index contributed by atoms with van der Waals surface area (Å²) in [5.74, 6) is 0.407. The largest absolute Gasteiger partial charge is 0.355 e. The van der Waals surface area contributed by atoms with Crippen LogP contribution >= 0.6 is 0 Å². The van der Waals surface area contributed by atoms with Crippen LogP contribution in [0.25, 0.3) is 0 Å². The highest BCUT2D eigenvalue weighted by Crippen LogP contribution is 2.47. The molecule has 6 heteroatoms. The molecule has 2 fully saturated rings. The second-order valence-corrected chi connectivity index (χ2v) is 8.41. The van der Waals surface area contributed by atoms with Crippen molar-refractivity contribution >= 4 is 11.8 Å². The molecular weight excluding hydrogens is 340 g/mol. The number of aryl methyl sites for hydroxylation is 2. The number of nitrogens with one attached hydrogen (secondary N) is 1. The maximum absolute atomic E-state index is 12.5. The van der Waals surface area contributed by atoms with Crippen molar-refractivity contribution in [3.8, 4) is 0 Å². The first-order valence-corrected chi connectivity index (χ1v) is 10.4. The lowest BCUT2D eigenvalue weighted by Gasteiger charge is -2.46. The van der Waals surface area contributed by atoms with E-state index in [4.69, 9.17) is 0 Å². The molecule has 1 saturated heterocycles. The van der Waals surface area contributed by atoms with E-state index >= 15 is 0 Å². The highest BCUT2D eigenvalue weighted by atomic mass is 16.2. The average Bonchev–Trinajstić information content (AvgIpc) is 3.16. The van der Waals surface area contributed by atoms with Crippen molar-refractivity contribution in [3.63, 3.8) is 0 Å². The smallest absolute Gasteiger partial charge is 0.222 e. The van der Waals surface area contributed by atoms with Gasteiger partial charge < -0.3 is 10.2 Å². The minimum Gasteiger partial charge on any atom is -0.355 e. The van der Waals surface area contributed by atoms with Crippen LogP contribution in [0.4, 0.5) is 0 Å². The minimum atomic E-state index is 0.0822. The normalized spacial score (nSPS) is 25.0. The van der Waals surface area contributed by atoms with Crippen LogP contribution in [0.2, 0.25) is 0 Å². The lowest BCUT2D eigenvalue weighted by Crippen LogP contribution is -2.56. The summed E-state index contributed by atoms with van der Waals surface area (Å²) in [4.78, 5) is 27.0. The van der Waals surface area contributed by atoms with Gasteiger partial charge in [-0.3, -0.25) is 14.3 Å². The molecule has 0 unspecified atom stereocenters. The van der Waals surface area contributed by atoms with Crippen LogP contribution in [0.3, 0.4) is 0 Å². The predicted molar refractivity (Wildman–Crippen MR) is 105 cm³/mol. The number of nitrogens with zero attached hydrogens (tertiary/aromatic N) is 3. The zero-order chi connectivity index (χ0) is 19.6. The molecule has 1 aromatic rings. The Bertz CT molecular complexity index is 711. The Morgan fingerprint density at radius 3 is 2.78 bits per heavy atom. The van der Waals surface area contributed by atoms with E-state index in [9.17, 15) is 9.59 Å². The fraction of sp³-hybridized carbons (Fsp3) is 0.762. The SMILES string of the molecule is CCCN1C(=O)CC[C@]2(CNC(=O)CCc3c(C)nn(C)c3C)CCC[C@@H]12. The van der Waals surface area contributed by atoms with Crippen LogP contribution in [0.5, 0.6) is 0 Å². The van der Waals surface area contributed by atoms with Gasteiger partial charge in [0.15, 0.2) is 0 Å². The Morgan fingerprint density at radius 2 is 2.11 bits per heavy atom. The number of amides is 2. The van der Waals surface area contributed by atoms with Gasteiger partial charge in [0, 0.05) is 50.1 Å². The summed E-state index contributed by atoms with van der Waals surface area (Å²) >= 11 is 0. The molecule has 0 aromatic carbocycles. The van der Waals surface area contributed by atoms with E-state index in [1.54, 1.807) is 0 Å². The Morgan fingerprint density at radius 1 is 1.33 bits per heavy atom. The van der Waals surface area contributed by atoms with Crippen molar-refractivity contribution in [2.75, 3.05) is 13.1 Å². The Labute approximate surface area is 162 Å². The molecule has 1 aliphatic heterocycles. The molecular formula is C21H34N4O2. The van der Waals surface area contributed by atoms with E-state index in [1.165, 1.54) is 5.56 Å². The van der Waals surface area contributed by atoms with Crippen molar-refractivity contribution in [2.45, 2.75) is 78.2 Å². The lowest BCUT2D eigenvalue weighted by atomic mass is 9.74. The maximum Gasteiger partial charge on any atom is 0.222 e. The highest BCUT2D eigenvalue weighted by molar-refractivity contribution is 5.78. The second-order valence-electron chi connectivity index (χ2n) is 8.41. The first-order chi connectivity index (χ1) is 12.9. The minimum absolute atomic E-state index is 0.0822. The van der Waals surface area contributed by atoms with Gasteiger partial charge in [0.05, 0.1) is 5.69 Å². The average molecular weight is 375 g/mol. The summed E-state index contributed by atoms with van der Waals surface area (Å²) in [5, 5.41) is 7.63. The zero-order valence-corrected chi connectivity index (χ0v) is 17.3. The Kier molecular flexibility index (Phi) is 5.92. The first kappa shape index (κ1) is 19.9. The standard InChI is InChI=1S/C21H34N4O2/c1-5-13-25-18-7-6-11-21(18,12-10-20(25)27)14-22-19(26)9-8-17-15(2)23-24(4)16(17)3/h18H,5-14H2,1-4H3,(H,22,26)/t18-,21+/m1/s1. The third-order valence-corrected chi connectivity index (χ3v) is 6.76. The number of carbonyl (C=O) groups excluding carboxylic acids is 2. The van der Waals surface area contributed by atoms with Gasteiger partial charge in [0.25, 0.3) is 0 Å². The molecule has 2 amide bonds. The van der Waals surface area contributed by atoms with Gasteiger partial charge in [-0.15, -0.1) is 0 Å². The van der Waals surface area contributed by atoms with Gasteiger partial charge in [-0.05, 0) is 51.5 Å². The number of likely N-dealkylation sites (tertiary alicyclic amines) is 1. The molecule has 1 aromatic heterocycles. The molecule has 1 saturated carbocycles. The van der Waals surface area contributed by atoms with E-state index < -0.39 is 0 Å². The third-order valence-electron chi connectivity index (χ3n) is 6.76. The predicted octanol–water partition coefficient (Wildman–Crippen LogP) is 2.66. The third kappa shape index (κ3) is 3.90. The molecule has 1 N–H and O–H groups in total. The number of hydrogen-bond donors (Lipinski definition) is 1. The molecule has 150 valence electrons. The Balaban J connectivity index is 1.58. The van der Waals surface area contributed by atoms with Crippen LogP contribution in [0.1, 0.15) is 68.8 Å². The van der Waals surface area contributed by atoms with Gasteiger partial charge in [-0.2, -0.15) is 5.10 Å². The van der Waals surface area contributed by atoms with Crippen molar-refractivity contribution in [1.29, 1.82) is 0 Å². The van der Waals surface area contributed by atoms with Crippen molar-refractivity contribution in [3.05, 3.63) is 17.0 Å².